The van der Waals surface area contributed by atoms with E-state index in [1.54, 1.807) is 17.0 Å². The maximum atomic E-state index is 13.2. The second-order valence-corrected chi connectivity index (χ2v) is 8.81. The molecule has 0 N–H and O–H groups in total. The summed E-state index contributed by atoms with van der Waals surface area (Å²) in [5.41, 5.74) is 2.42. The van der Waals surface area contributed by atoms with Crippen LogP contribution in [0.4, 0.5) is 0 Å². The summed E-state index contributed by atoms with van der Waals surface area (Å²) in [7, 11) is 1.46. The number of likely N-dealkylation sites (tertiary alicyclic amines) is 1. The van der Waals surface area contributed by atoms with E-state index in [1.165, 1.54) is 7.11 Å². The number of hydrogen-bond donors (Lipinski definition) is 0. The smallest absolute Gasteiger partial charge is 0.259 e. The molecule has 30 heavy (non-hydrogen) atoms. The van der Waals surface area contributed by atoms with Gasteiger partial charge in [0.1, 0.15) is 16.9 Å². The zero-order valence-electron chi connectivity index (χ0n) is 17.2. The first-order chi connectivity index (χ1) is 14.3. The molecule has 2 aromatic rings. The molecule has 5 nitrogen and oxygen atoms in total. The third-order valence-electron chi connectivity index (χ3n) is 6.22. The zero-order valence-corrected chi connectivity index (χ0v) is 18.7. The van der Waals surface area contributed by atoms with Gasteiger partial charge in [0.15, 0.2) is 11.5 Å². The van der Waals surface area contributed by atoms with Crippen molar-refractivity contribution in [3.63, 3.8) is 0 Å². The molecule has 1 spiro atoms. The van der Waals surface area contributed by atoms with Gasteiger partial charge in [-0.05, 0) is 43.2 Å². The lowest BCUT2D eigenvalue weighted by Crippen LogP contribution is -2.52. The average Bonchev–Trinajstić information content (AvgIpc) is 2.72. The molecule has 1 fully saturated rings. The van der Waals surface area contributed by atoms with Crippen LogP contribution in [-0.4, -0.2) is 42.4 Å². The van der Waals surface area contributed by atoms with E-state index in [1.807, 2.05) is 26.0 Å². The molecular formula is C23H23Cl2NO4. The van der Waals surface area contributed by atoms with Gasteiger partial charge in [0.25, 0.3) is 5.91 Å². The predicted octanol–water partition coefficient (Wildman–Crippen LogP) is 5.26. The number of carbonyl (C=O) groups is 2. The topological polar surface area (TPSA) is 55.8 Å². The van der Waals surface area contributed by atoms with Crippen LogP contribution in [-0.2, 0) is 0 Å². The quantitative estimate of drug-likeness (QED) is 0.629. The van der Waals surface area contributed by atoms with Crippen LogP contribution in [0.25, 0.3) is 0 Å². The molecule has 0 aliphatic carbocycles. The molecule has 2 aliphatic rings. The van der Waals surface area contributed by atoms with Gasteiger partial charge in [-0.15, -0.1) is 0 Å². The summed E-state index contributed by atoms with van der Waals surface area (Å²) in [6, 6.07) is 7.00. The molecule has 158 valence electrons. The van der Waals surface area contributed by atoms with Crippen LogP contribution in [0.3, 0.4) is 0 Å². The number of ether oxygens (including phenoxy) is 2. The van der Waals surface area contributed by atoms with Gasteiger partial charge in [0, 0.05) is 25.9 Å². The molecule has 1 amide bonds. The van der Waals surface area contributed by atoms with E-state index in [0.717, 1.165) is 11.1 Å². The Labute approximate surface area is 185 Å². The second-order valence-electron chi connectivity index (χ2n) is 8.00. The molecule has 0 aromatic heterocycles. The molecular weight excluding hydrogens is 425 g/mol. The molecule has 2 aromatic carbocycles. The van der Waals surface area contributed by atoms with Crippen molar-refractivity contribution in [3.8, 4) is 11.5 Å². The fourth-order valence-corrected chi connectivity index (χ4v) is 4.73. The van der Waals surface area contributed by atoms with E-state index in [2.05, 4.69) is 0 Å². The number of amides is 1. The monoisotopic (exact) mass is 447 g/mol. The third kappa shape index (κ3) is 3.44. The lowest BCUT2D eigenvalue weighted by molar-refractivity contribution is -0.00624. The summed E-state index contributed by atoms with van der Waals surface area (Å²) in [5, 5.41) is 0.632. The van der Waals surface area contributed by atoms with Crippen LogP contribution in [0.5, 0.6) is 11.5 Å². The lowest BCUT2D eigenvalue weighted by Gasteiger charge is -2.44. The highest BCUT2D eigenvalue weighted by Crippen LogP contribution is 2.42. The maximum absolute atomic E-state index is 13.2. The summed E-state index contributed by atoms with van der Waals surface area (Å²) < 4.78 is 11.8. The van der Waals surface area contributed by atoms with E-state index in [4.69, 9.17) is 32.7 Å². The SMILES string of the molecule is COc1c(Cl)ccc(Cl)c1C(=O)N1CCC2(CC1)CC(=O)c1ccc(C)c(C)c1O2. The molecule has 0 atom stereocenters. The third-order valence-corrected chi connectivity index (χ3v) is 6.83. The molecule has 0 radical (unpaired) electrons. The number of hydrogen-bond acceptors (Lipinski definition) is 4. The van der Waals surface area contributed by atoms with Crippen LogP contribution in [0.1, 0.15) is 51.1 Å². The minimum atomic E-state index is -0.582. The second kappa shape index (κ2) is 7.78. The van der Waals surface area contributed by atoms with Gasteiger partial charge >= 0.3 is 0 Å². The van der Waals surface area contributed by atoms with Crippen molar-refractivity contribution >= 4 is 34.9 Å². The van der Waals surface area contributed by atoms with Crippen molar-refractivity contribution in [2.24, 2.45) is 0 Å². The number of Topliss-reactive ketones (excluding diaryl/α,β-unsaturated/α-hetero) is 1. The van der Waals surface area contributed by atoms with E-state index in [-0.39, 0.29) is 23.0 Å². The van der Waals surface area contributed by atoms with Gasteiger partial charge in [0.05, 0.1) is 29.1 Å². The Kier molecular flexibility index (Phi) is 5.45. The van der Waals surface area contributed by atoms with Crippen molar-refractivity contribution in [2.45, 2.75) is 38.7 Å². The number of halogens is 2. The molecule has 2 aliphatic heterocycles. The maximum Gasteiger partial charge on any atom is 0.259 e. The zero-order chi connectivity index (χ0) is 21.6. The minimum Gasteiger partial charge on any atom is -0.494 e. The Bertz CT molecular complexity index is 1040. The Morgan fingerprint density at radius 1 is 1.10 bits per heavy atom. The first-order valence-corrected chi connectivity index (χ1v) is 10.7. The van der Waals surface area contributed by atoms with E-state index < -0.39 is 5.60 Å². The van der Waals surface area contributed by atoms with Gasteiger partial charge < -0.3 is 14.4 Å². The number of aryl methyl sites for hydroxylation is 1. The predicted molar refractivity (Wildman–Crippen MR) is 116 cm³/mol. The summed E-state index contributed by atoms with van der Waals surface area (Å²) in [6.45, 7) is 4.90. The highest BCUT2D eigenvalue weighted by molar-refractivity contribution is 6.37. The molecule has 1 saturated heterocycles. The lowest BCUT2D eigenvalue weighted by atomic mass is 9.81. The van der Waals surface area contributed by atoms with E-state index >= 15 is 0 Å². The first kappa shape index (κ1) is 21.0. The van der Waals surface area contributed by atoms with Crippen molar-refractivity contribution in [1.82, 2.24) is 4.90 Å². The number of rotatable bonds is 2. The van der Waals surface area contributed by atoms with Gasteiger partial charge in [-0.1, -0.05) is 29.3 Å². The van der Waals surface area contributed by atoms with Gasteiger partial charge in [-0.3, -0.25) is 9.59 Å². The summed E-state index contributed by atoms with van der Waals surface area (Å²) in [6.07, 6.45) is 1.46. The Hall–Kier alpha value is -2.24. The van der Waals surface area contributed by atoms with Crippen molar-refractivity contribution in [3.05, 3.63) is 56.6 Å². The number of ketones is 1. The highest BCUT2D eigenvalue weighted by Gasteiger charge is 2.44. The summed E-state index contributed by atoms with van der Waals surface area (Å²) >= 11 is 12.5. The normalized spacial score (nSPS) is 17.5. The van der Waals surface area contributed by atoms with Crippen molar-refractivity contribution in [2.75, 3.05) is 20.2 Å². The Morgan fingerprint density at radius 2 is 1.77 bits per heavy atom. The van der Waals surface area contributed by atoms with Gasteiger partial charge in [-0.2, -0.15) is 0 Å². The highest BCUT2D eigenvalue weighted by atomic mass is 35.5. The minimum absolute atomic E-state index is 0.0960. The molecule has 4 rings (SSSR count). The standard InChI is InChI=1S/C23H23Cl2NO4/c1-13-4-5-15-18(27)12-23(30-20(15)14(13)2)8-10-26(11-9-23)22(28)19-16(24)6-7-17(25)21(19)29-3/h4-7H,8-12H2,1-3H3. The fourth-order valence-electron chi connectivity index (χ4n) is 4.27. The molecule has 0 saturated carbocycles. The number of piperidine rings is 1. The molecule has 0 bridgehead atoms. The summed E-state index contributed by atoms with van der Waals surface area (Å²) in [4.78, 5) is 27.7. The number of nitrogens with zero attached hydrogens (tertiary/aromatic N) is 1. The fraction of sp³-hybridized carbons (Fsp3) is 0.391. The van der Waals surface area contributed by atoms with E-state index in [0.29, 0.717) is 53.7 Å². The van der Waals surface area contributed by atoms with Crippen LogP contribution in [0.2, 0.25) is 10.0 Å². The first-order valence-electron chi connectivity index (χ1n) is 9.90. The molecule has 2 heterocycles. The Morgan fingerprint density at radius 3 is 2.43 bits per heavy atom. The van der Waals surface area contributed by atoms with Crippen molar-refractivity contribution < 1.29 is 19.1 Å². The average molecular weight is 448 g/mol. The van der Waals surface area contributed by atoms with E-state index in [9.17, 15) is 9.59 Å². The number of benzene rings is 2. The molecule has 7 heteroatoms. The van der Waals surface area contributed by atoms with Gasteiger partial charge in [-0.25, -0.2) is 0 Å². The summed E-state index contributed by atoms with van der Waals surface area (Å²) in [5.74, 6) is 0.826. The van der Waals surface area contributed by atoms with Crippen molar-refractivity contribution in [1.29, 1.82) is 0 Å². The van der Waals surface area contributed by atoms with Crippen LogP contribution < -0.4 is 9.47 Å². The van der Waals surface area contributed by atoms with Crippen LogP contribution >= 0.6 is 23.2 Å². The Balaban J connectivity index is 1.56. The number of methoxy groups -OCH3 is 1. The number of carbonyl (C=O) groups excluding carboxylic acids is 2. The molecule has 0 unspecified atom stereocenters. The largest absolute Gasteiger partial charge is 0.494 e. The van der Waals surface area contributed by atoms with Crippen LogP contribution in [0.15, 0.2) is 24.3 Å². The van der Waals surface area contributed by atoms with Crippen LogP contribution in [0, 0.1) is 13.8 Å². The van der Waals surface area contributed by atoms with Gasteiger partial charge in [0.2, 0.25) is 0 Å². The number of fused-ring (bicyclic) bond motifs is 1.